The highest BCUT2D eigenvalue weighted by Crippen LogP contribution is 2.34. The fourth-order valence-electron chi connectivity index (χ4n) is 2.39. The molecule has 2 saturated heterocycles. The van der Waals surface area contributed by atoms with E-state index < -0.39 is 36.1 Å². The molecule has 2 aliphatic rings. The van der Waals surface area contributed by atoms with Crippen molar-refractivity contribution in [2.24, 2.45) is 0 Å². The third-order valence-electron chi connectivity index (χ3n) is 3.32. The Kier molecular flexibility index (Phi) is 3.96. The summed E-state index contributed by atoms with van der Waals surface area (Å²) in [6.45, 7) is 0.134. The monoisotopic (exact) mass is 309 g/mol. The van der Waals surface area contributed by atoms with Crippen LogP contribution in [0.25, 0.3) is 0 Å². The molecule has 9 nitrogen and oxygen atoms in total. The average molecular weight is 309 g/mol. The maximum Gasteiger partial charge on any atom is 0.476 e. The maximum atomic E-state index is 13.1. The van der Waals surface area contributed by atoms with E-state index in [0.717, 1.165) is 4.90 Å². The van der Waals surface area contributed by atoms with Gasteiger partial charge in [0.2, 0.25) is 0 Å². The predicted octanol–water partition coefficient (Wildman–Crippen LogP) is -0.458. The molecule has 2 atom stereocenters. The van der Waals surface area contributed by atoms with Crippen LogP contribution in [0.3, 0.4) is 0 Å². The fourth-order valence-corrected chi connectivity index (χ4v) is 2.39. The van der Waals surface area contributed by atoms with Crippen LogP contribution < -0.4 is 5.48 Å². The Morgan fingerprint density at radius 1 is 1.48 bits per heavy atom. The number of halogens is 2. The molecule has 2 aliphatic heterocycles. The van der Waals surface area contributed by atoms with E-state index in [0.29, 0.717) is 5.06 Å². The standard InChI is InChI=1S/C10H13F2N3O6/c1-20-13-9(19)14-3-2-5-4-6(14)7(16)15(5)21-10(11,12)8(17)18/h5-6H,2-4H2,1H3,(H,13,19)(H,17,18)/t5-,6?/m0/s1. The number of alkyl halides is 2. The van der Waals surface area contributed by atoms with Crippen LogP contribution in [0.15, 0.2) is 0 Å². The van der Waals surface area contributed by atoms with E-state index in [-0.39, 0.29) is 19.4 Å². The molecule has 0 spiro atoms. The number of nitrogens with zero attached hydrogens (tertiary/aromatic N) is 2. The molecule has 2 fully saturated rings. The van der Waals surface area contributed by atoms with Gasteiger partial charge < -0.3 is 10.0 Å². The van der Waals surface area contributed by atoms with Crippen LogP contribution in [0.2, 0.25) is 0 Å². The SMILES string of the molecule is CONC(=O)N1CC[C@H]2CC1C(=O)N2OC(F)(F)C(=O)O. The van der Waals surface area contributed by atoms with Crippen molar-refractivity contribution >= 4 is 17.9 Å². The second kappa shape index (κ2) is 5.41. The molecule has 0 saturated carbocycles. The van der Waals surface area contributed by atoms with Crippen molar-refractivity contribution < 1.29 is 37.9 Å². The number of carboxylic acid groups (broad SMARTS) is 1. The topological polar surface area (TPSA) is 108 Å². The lowest BCUT2D eigenvalue weighted by Gasteiger charge is -2.30. The molecule has 118 valence electrons. The molecule has 2 rings (SSSR count). The van der Waals surface area contributed by atoms with Crippen LogP contribution in [-0.2, 0) is 19.3 Å². The third kappa shape index (κ3) is 2.74. The van der Waals surface area contributed by atoms with Gasteiger partial charge in [-0.05, 0) is 6.42 Å². The molecule has 3 amide bonds. The number of amides is 3. The van der Waals surface area contributed by atoms with E-state index in [1.807, 2.05) is 5.48 Å². The highest BCUT2D eigenvalue weighted by molar-refractivity contribution is 5.89. The Labute approximate surface area is 117 Å². The zero-order valence-corrected chi connectivity index (χ0v) is 10.9. The summed E-state index contributed by atoms with van der Waals surface area (Å²) in [5, 5.41) is 8.69. The first kappa shape index (κ1) is 15.4. The summed E-state index contributed by atoms with van der Waals surface area (Å²) < 4.78 is 26.2. The second-order valence-corrected chi connectivity index (χ2v) is 4.58. The third-order valence-corrected chi connectivity index (χ3v) is 3.32. The summed E-state index contributed by atoms with van der Waals surface area (Å²) >= 11 is 0. The number of rotatable bonds is 4. The van der Waals surface area contributed by atoms with Crippen molar-refractivity contribution in [2.75, 3.05) is 13.7 Å². The van der Waals surface area contributed by atoms with Crippen molar-refractivity contribution in [3.8, 4) is 0 Å². The Bertz CT molecular complexity index is 474. The first-order valence-corrected chi connectivity index (χ1v) is 6.01. The number of piperidine rings is 1. The first-order chi connectivity index (χ1) is 9.77. The van der Waals surface area contributed by atoms with Gasteiger partial charge in [-0.1, -0.05) is 0 Å². The van der Waals surface area contributed by atoms with E-state index in [9.17, 15) is 23.2 Å². The molecule has 11 heteroatoms. The van der Waals surface area contributed by atoms with Crippen molar-refractivity contribution in [1.29, 1.82) is 0 Å². The van der Waals surface area contributed by atoms with Gasteiger partial charge >= 0.3 is 18.1 Å². The number of hydrogen-bond donors (Lipinski definition) is 2. The molecule has 0 aromatic rings. The number of carboxylic acids is 1. The molecule has 2 bridgehead atoms. The fraction of sp³-hybridized carbons (Fsp3) is 0.700. The molecule has 0 aliphatic carbocycles. The van der Waals surface area contributed by atoms with Crippen LogP contribution >= 0.6 is 0 Å². The van der Waals surface area contributed by atoms with Crippen LogP contribution in [0, 0.1) is 0 Å². The summed E-state index contributed by atoms with van der Waals surface area (Å²) in [7, 11) is 1.21. The number of nitrogens with one attached hydrogen (secondary N) is 1. The van der Waals surface area contributed by atoms with E-state index in [1.165, 1.54) is 7.11 Å². The quantitative estimate of drug-likeness (QED) is 0.680. The number of hydrogen-bond acceptors (Lipinski definition) is 5. The highest BCUT2D eigenvalue weighted by Gasteiger charge is 2.54. The summed E-state index contributed by atoms with van der Waals surface area (Å²) in [6.07, 6.45) is -4.23. The summed E-state index contributed by atoms with van der Waals surface area (Å²) in [5.74, 6) is -3.38. The highest BCUT2D eigenvalue weighted by atomic mass is 19.3. The molecule has 1 unspecified atom stereocenters. The summed E-state index contributed by atoms with van der Waals surface area (Å²) in [4.78, 5) is 43.7. The molecule has 2 heterocycles. The Morgan fingerprint density at radius 3 is 2.71 bits per heavy atom. The smallest absolute Gasteiger partial charge is 0.475 e. The normalized spacial score (nSPS) is 25.2. The van der Waals surface area contributed by atoms with Gasteiger partial charge in [-0.15, -0.1) is 0 Å². The van der Waals surface area contributed by atoms with Gasteiger partial charge in [-0.25, -0.2) is 20.1 Å². The van der Waals surface area contributed by atoms with E-state index in [4.69, 9.17) is 5.11 Å². The molecular weight excluding hydrogens is 296 g/mol. The first-order valence-electron chi connectivity index (χ1n) is 6.01. The van der Waals surface area contributed by atoms with Gasteiger partial charge in [-0.3, -0.25) is 9.63 Å². The zero-order chi connectivity index (χ0) is 15.8. The largest absolute Gasteiger partial charge is 0.476 e. The molecule has 0 aromatic heterocycles. The summed E-state index contributed by atoms with van der Waals surface area (Å²) in [5.41, 5.74) is 2.03. The number of fused-ring (bicyclic) bond motifs is 2. The molecule has 2 N–H and O–H groups in total. The van der Waals surface area contributed by atoms with Gasteiger partial charge in [0.15, 0.2) is 0 Å². The Balaban J connectivity index is 2.11. The van der Waals surface area contributed by atoms with Gasteiger partial charge in [0, 0.05) is 13.0 Å². The number of hydroxylamine groups is 3. The minimum Gasteiger partial charge on any atom is -0.475 e. The van der Waals surface area contributed by atoms with Crippen molar-refractivity contribution in [1.82, 2.24) is 15.4 Å². The zero-order valence-electron chi connectivity index (χ0n) is 10.9. The Hall–Kier alpha value is -2.01. The number of likely N-dealkylation sites (tertiary alicyclic amines) is 1. The molecule has 0 aromatic carbocycles. The van der Waals surface area contributed by atoms with Crippen LogP contribution in [-0.4, -0.2) is 64.8 Å². The van der Waals surface area contributed by atoms with Crippen LogP contribution in [0.5, 0.6) is 0 Å². The second-order valence-electron chi connectivity index (χ2n) is 4.58. The van der Waals surface area contributed by atoms with E-state index in [2.05, 4.69) is 9.68 Å². The number of aliphatic carboxylic acids is 1. The lowest BCUT2D eigenvalue weighted by molar-refractivity contribution is -0.334. The van der Waals surface area contributed by atoms with Crippen LogP contribution in [0.1, 0.15) is 12.8 Å². The van der Waals surface area contributed by atoms with Crippen LogP contribution in [0.4, 0.5) is 13.6 Å². The lowest BCUT2D eigenvalue weighted by atomic mass is 10.0. The maximum absolute atomic E-state index is 13.1. The number of urea groups is 1. The molecule has 0 radical (unpaired) electrons. The molecule has 21 heavy (non-hydrogen) atoms. The predicted molar refractivity (Wildman–Crippen MR) is 59.6 cm³/mol. The van der Waals surface area contributed by atoms with E-state index in [1.54, 1.807) is 0 Å². The average Bonchev–Trinajstić information content (AvgIpc) is 2.64. The van der Waals surface area contributed by atoms with Gasteiger partial charge in [0.25, 0.3) is 5.91 Å². The van der Waals surface area contributed by atoms with Gasteiger partial charge in [0.1, 0.15) is 6.04 Å². The van der Waals surface area contributed by atoms with Crippen molar-refractivity contribution in [3.05, 3.63) is 0 Å². The summed E-state index contributed by atoms with van der Waals surface area (Å²) in [6, 6.07) is -2.36. The van der Waals surface area contributed by atoms with Crippen molar-refractivity contribution in [3.63, 3.8) is 0 Å². The Morgan fingerprint density at radius 2 is 2.14 bits per heavy atom. The molecular formula is C10H13F2N3O6. The lowest BCUT2D eigenvalue weighted by Crippen LogP contribution is -2.50. The number of carbonyl (C=O) groups is 3. The van der Waals surface area contributed by atoms with E-state index >= 15 is 0 Å². The minimum absolute atomic E-state index is 0.0890. The van der Waals surface area contributed by atoms with Gasteiger partial charge in [0.05, 0.1) is 13.2 Å². The van der Waals surface area contributed by atoms with Crippen molar-refractivity contribution in [2.45, 2.75) is 31.0 Å². The minimum atomic E-state index is -4.51. The number of carbonyl (C=O) groups excluding carboxylic acids is 2. The van der Waals surface area contributed by atoms with Gasteiger partial charge in [-0.2, -0.15) is 13.6 Å².